The Hall–Kier alpha value is -4.33. The molecule has 3 rings (SSSR count). The van der Waals surface area contributed by atoms with E-state index >= 15 is 0 Å². The molecule has 0 spiro atoms. The van der Waals surface area contributed by atoms with E-state index in [4.69, 9.17) is 15.2 Å². The molecule has 3 amide bonds. The van der Waals surface area contributed by atoms with Crippen molar-refractivity contribution >= 4 is 29.3 Å². The van der Waals surface area contributed by atoms with Crippen LogP contribution in [0.4, 0.5) is 16.2 Å². The van der Waals surface area contributed by atoms with E-state index in [9.17, 15) is 14.4 Å². The fourth-order valence-electron chi connectivity index (χ4n) is 2.54. The number of hydrogen-bond donors (Lipinski definition) is 3. The van der Waals surface area contributed by atoms with Crippen LogP contribution < -0.4 is 21.1 Å². The van der Waals surface area contributed by atoms with Crippen molar-refractivity contribution in [1.82, 2.24) is 0 Å². The van der Waals surface area contributed by atoms with Crippen LogP contribution in [0.25, 0.3) is 0 Å². The van der Waals surface area contributed by atoms with Crippen molar-refractivity contribution in [3.05, 3.63) is 84.4 Å². The molecule has 0 unspecified atom stereocenters. The number of nitrogens with one attached hydrogen (secondary N) is 2. The average molecular weight is 405 g/mol. The van der Waals surface area contributed by atoms with E-state index in [1.807, 2.05) is 18.2 Å². The number of ether oxygens (including phenoxy) is 2. The molecule has 0 fully saturated rings. The Balaban J connectivity index is 1.59. The summed E-state index contributed by atoms with van der Waals surface area (Å²) in [7, 11) is 0. The number of nitrogens with two attached hydrogens (primary N) is 1. The van der Waals surface area contributed by atoms with Gasteiger partial charge in [0.15, 0.2) is 12.4 Å². The van der Waals surface area contributed by atoms with Crippen molar-refractivity contribution in [1.29, 1.82) is 0 Å². The number of esters is 1. The lowest BCUT2D eigenvalue weighted by Gasteiger charge is -2.12. The highest BCUT2D eigenvalue weighted by atomic mass is 16.5. The molecule has 0 aliphatic heterocycles. The predicted molar refractivity (Wildman–Crippen MR) is 112 cm³/mol. The van der Waals surface area contributed by atoms with Crippen LogP contribution in [-0.4, -0.2) is 24.5 Å². The zero-order valence-corrected chi connectivity index (χ0v) is 15.8. The number of rotatable bonds is 7. The van der Waals surface area contributed by atoms with Gasteiger partial charge >= 0.3 is 12.0 Å². The molecule has 0 saturated heterocycles. The summed E-state index contributed by atoms with van der Waals surface area (Å²) in [5.41, 5.74) is 6.00. The summed E-state index contributed by atoms with van der Waals surface area (Å²) >= 11 is 0. The second kappa shape index (κ2) is 9.74. The summed E-state index contributed by atoms with van der Waals surface area (Å²) in [4.78, 5) is 35.3. The molecule has 0 bridgehead atoms. The van der Waals surface area contributed by atoms with Gasteiger partial charge < -0.3 is 25.8 Å². The topological polar surface area (TPSA) is 120 Å². The standard InChI is InChI=1S/C22H19N3O5/c23-22(28)24-16-8-6-7-15(13-16)21(27)29-14-20(26)25-18-11-4-5-12-19(18)30-17-9-2-1-3-10-17/h1-13H,14H2,(H,25,26)(H3,23,24,28). The van der Waals surface area contributed by atoms with Crippen LogP contribution in [0.2, 0.25) is 0 Å². The lowest BCUT2D eigenvalue weighted by Crippen LogP contribution is -2.21. The predicted octanol–water partition coefficient (Wildman–Crippen LogP) is 3.77. The summed E-state index contributed by atoms with van der Waals surface area (Å²) in [5.74, 6) is -0.172. The molecule has 3 aromatic rings. The van der Waals surface area contributed by atoms with Crippen LogP contribution in [-0.2, 0) is 9.53 Å². The van der Waals surface area contributed by atoms with E-state index in [1.165, 1.54) is 12.1 Å². The molecular weight excluding hydrogens is 386 g/mol. The fourth-order valence-corrected chi connectivity index (χ4v) is 2.54. The Morgan fingerprint density at radius 3 is 2.33 bits per heavy atom. The van der Waals surface area contributed by atoms with E-state index in [1.54, 1.807) is 48.5 Å². The van der Waals surface area contributed by atoms with Gasteiger partial charge in [0.1, 0.15) is 5.75 Å². The number of benzene rings is 3. The number of primary amides is 1. The first-order chi connectivity index (χ1) is 14.5. The van der Waals surface area contributed by atoms with Crippen molar-refractivity contribution in [2.75, 3.05) is 17.2 Å². The van der Waals surface area contributed by atoms with Crippen molar-refractivity contribution in [2.24, 2.45) is 5.73 Å². The third-order valence-electron chi connectivity index (χ3n) is 3.83. The number of urea groups is 1. The SMILES string of the molecule is NC(=O)Nc1cccc(C(=O)OCC(=O)Nc2ccccc2Oc2ccccc2)c1. The quantitative estimate of drug-likeness (QED) is 0.517. The molecule has 0 aromatic heterocycles. The third-order valence-corrected chi connectivity index (χ3v) is 3.83. The maximum Gasteiger partial charge on any atom is 0.338 e. The monoisotopic (exact) mass is 405 g/mol. The van der Waals surface area contributed by atoms with Gasteiger partial charge in [-0.05, 0) is 42.5 Å². The first kappa shape index (κ1) is 20.4. The minimum Gasteiger partial charge on any atom is -0.455 e. The lowest BCUT2D eigenvalue weighted by atomic mass is 10.2. The van der Waals surface area contributed by atoms with E-state index < -0.39 is 24.5 Å². The van der Waals surface area contributed by atoms with Crippen LogP contribution in [0.3, 0.4) is 0 Å². The normalized spacial score (nSPS) is 10.0. The maximum absolute atomic E-state index is 12.2. The molecule has 0 heterocycles. The van der Waals surface area contributed by atoms with Crippen LogP contribution in [0.15, 0.2) is 78.9 Å². The van der Waals surface area contributed by atoms with Crippen LogP contribution in [0.1, 0.15) is 10.4 Å². The zero-order valence-electron chi connectivity index (χ0n) is 15.8. The van der Waals surface area contributed by atoms with Gasteiger partial charge in [-0.2, -0.15) is 0 Å². The van der Waals surface area contributed by atoms with Gasteiger partial charge in [0.25, 0.3) is 5.91 Å². The lowest BCUT2D eigenvalue weighted by molar-refractivity contribution is -0.119. The minimum atomic E-state index is -0.753. The molecule has 3 aromatic carbocycles. The number of amides is 3. The summed E-state index contributed by atoms with van der Waals surface area (Å²) in [5, 5.41) is 5.02. The molecule has 0 saturated carbocycles. The fraction of sp³-hybridized carbons (Fsp3) is 0.0455. The Morgan fingerprint density at radius 1 is 0.833 bits per heavy atom. The molecule has 0 aliphatic carbocycles. The van der Waals surface area contributed by atoms with Crippen molar-refractivity contribution in [2.45, 2.75) is 0 Å². The Labute approximate surface area is 172 Å². The molecule has 0 atom stereocenters. The molecule has 0 radical (unpaired) electrons. The van der Waals surface area contributed by atoms with Crippen LogP contribution in [0, 0.1) is 0 Å². The molecule has 30 heavy (non-hydrogen) atoms. The maximum atomic E-state index is 12.2. The second-order valence-corrected chi connectivity index (χ2v) is 6.11. The van der Waals surface area contributed by atoms with Crippen LogP contribution in [0.5, 0.6) is 11.5 Å². The molecule has 0 aliphatic rings. The number of para-hydroxylation sites is 3. The van der Waals surface area contributed by atoms with Gasteiger partial charge in [-0.15, -0.1) is 0 Å². The second-order valence-electron chi connectivity index (χ2n) is 6.11. The van der Waals surface area contributed by atoms with Crippen molar-refractivity contribution in [3.8, 4) is 11.5 Å². The van der Waals surface area contributed by atoms with Gasteiger partial charge in [-0.1, -0.05) is 36.4 Å². The molecular formula is C22H19N3O5. The van der Waals surface area contributed by atoms with Crippen LogP contribution >= 0.6 is 0 Å². The van der Waals surface area contributed by atoms with E-state index in [0.717, 1.165) is 0 Å². The van der Waals surface area contributed by atoms with E-state index in [-0.39, 0.29) is 5.56 Å². The van der Waals surface area contributed by atoms with E-state index in [2.05, 4.69) is 10.6 Å². The summed E-state index contributed by atoms with van der Waals surface area (Å²) < 4.78 is 10.8. The van der Waals surface area contributed by atoms with Gasteiger partial charge in [0.2, 0.25) is 0 Å². The number of hydrogen-bond acceptors (Lipinski definition) is 5. The summed E-state index contributed by atoms with van der Waals surface area (Å²) in [6.07, 6.45) is 0. The third kappa shape index (κ3) is 5.83. The average Bonchev–Trinajstić information content (AvgIpc) is 2.74. The van der Waals surface area contributed by atoms with Crippen molar-refractivity contribution < 1.29 is 23.9 Å². The molecule has 152 valence electrons. The smallest absolute Gasteiger partial charge is 0.338 e. The van der Waals surface area contributed by atoms with Gasteiger partial charge in [0.05, 0.1) is 11.3 Å². The highest BCUT2D eigenvalue weighted by molar-refractivity contribution is 5.97. The Bertz CT molecular complexity index is 1050. The zero-order chi connectivity index (χ0) is 21.3. The van der Waals surface area contributed by atoms with Crippen molar-refractivity contribution in [3.63, 3.8) is 0 Å². The number of carbonyl (C=O) groups is 3. The first-order valence-corrected chi connectivity index (χ1v) is 8.97. The van der Waals surface area contributed by atoms with E-state index in [0.29, 0.717) is 22.9 Å². The minimum absolute atomic E-state index is 0.168. The number of carbonyl (C=O) groups excluding carboxylic acids is 3. The molecule has 8 nitrogen and oxygen atoms in total. The largest absolute Gasteiger partial charge is 0.455 e. The number of anilines is 2. The Kier molecular flexibility index (Phi) is 6.63. The first-order valence-electron chi connectivity index (χ1n) is 8.97. The van der Waals surface area contributed by atoms with Gasteiger partial charge in [-0.25, -0.2) is 9.59 Å². The van der Waals surface area contributed by atoms with Gasteiger partial charge in [-0.3, -0.25) is 4.79 Å². The molecule has 8 heteroatoms. The van der Waals surface area contributed by atoms with Gasteiger partial charge in [0, 0.05) is 5.69 Å². The summed E-state index contributed by atoms with van der Waals surface area (Å²) in [6.45, 7) is -0.494. The highest BCUT2D eigenvalue weighted by Gasteiger charge is 2.13. The summed E-state index contributed by atoms with van der Waals surface area (Å²) in [6, 6.07) is 21.3. The highest BCUT2D eigenvalue weighted by Crippen LogP contribution is 2.29. The Morgan fingerprint density at radius 2 is 1.57 bits per heavy atom. The molecule has 4 N–H and O–H groups in total.